The molecule has 4 rings (SSSR count). The fourth-order valence-electron chi connectivity index (χ4n) is 3.26. The Bertz CT molecular complexity index is 1320. The predicted octanol–water partition coefficient (Wildman–Crippen LogP) is 2.89. The summed E-state index contributed by atoms with van der Waals surface area (Å²) in [7, 11) is 0. The molecule has 0 aliphatic heterocycles. The molecule has 0 spiro atoms. The molecule has 0 fully saturated rings. The Balaban J connectivity index is 1.96. The molecule has 4 aromatic rings. The van der Waals surface area contributed by atoms with Gasteiger partial charge in [-0.3, -0.25) is 4.79 Å². The van der Waals surface area contributed by atoms with Gasteiger partial charge in [0.25, 0.3) is 5.91 Å². The molecule has 3 N–H and O–H groups in total. The predicted molar refractivity (Wildman–Crippen MR) is 114 cm³/mol. The van der Waals surface area contributed by atoms with Gasteiger partial charge in [0.1, 0.15) is 11.3 Å². The molecular formula is C22H21N5O3. The molecule has 0 saturated carbocycles. The maximum absolute atomic E-state index is 12.7. The normalized spacial score (nSPS) is 11.0. The lowest BCUT2D eigenvalue weighted by Gasteiger charge is -2.09. The molecule has 2 heterocycles. The van der Waals surface area contributed by atoms with E-state index in [4.69, 9.17) is 10.5 Å². The van der Waals surface area contributed by atoms with Crippen molar-refractivity contribution in [1.82, 2.24) is 19.5 Å². The number of aryl methyl sites for hydroxylation is 2. The zero-order chi connectivity index (χ0) is 21.4. The largest absolute Gasteiger partial charge is 0.494 e. The minimum atomic E-state index is -0.747. The molecule has 30 heavy (non-hydrogen) atoms. The van der Waals surface area contributed by atoms with E-state index in [1.54, 1.807) is 24.3 Å². The van der Waals surface area contributed by atoms with Gasteiger partial charge in [-0.05, 0) is 68.3 Å². The fourth-order valence-corrected chi connectivity index (χ4v) is 3.26. The van der Waals surface area contributed by atoms with Gasteiger partial charge in [0.2, 0.25) is 0 Å². The first-order chi connectivity index (χ1) is 14.4. The number of carbonyl (C=O) groups excluding carboxylic acids is 1. The van der Waals surface area contributed by atoms with Gasteiger partial charge in [-0.1, -0.05) is 6.07 Å². The lowest BCUT2D eigenvalue weighted by Crippen LogP contribution is -2.15. The lowest BCUT2D eigenvalue weighted by atomic mass is 10.1. The van der Waals surface area contributed by atoms with E-state index >= 15 is 0 Å². The number of H-pyrrole nitrogens is 1. The van der Waals surface area contributed by atoms with Gasteiger partial charge in [0.15, 0.2) is 17.2 Å². The molecule has 8 nitrogen and oxygen atoms in total. The number of imidazole rings is 1. The number of hydrogen-bond acceptors (Lipinski definition) is 5. The van der Waals surface area contributed by atoms with Crippen LogP contribution in [0.4, 0.5) is 0 Å². The topological polar surface area (TPSA) is 116 Å². The van der Waals surface area contributed by atoms with E-state index in [1.165, 1.54) is 4.57 Å². The lowest BCUT2D eigenvalue weighted by molar-refractivity contribution is 0.0997. The second-order valence-electron chi connectivity index (χ2n) is 6.95. The Morgan fingerprint density at radius 3 is 2.47 bits per heavy atom. The Morgan fingerprint density at radius 1 is 1.10 bits per heavy atom. The smallest absolute Gasteiger partial charge is 0.332 e. The average Bonchev–Trinajstić information content (AvgIpc) is 3.05. The van der Waals surface area contributed by atoms with E-state index in [1.807, 2.05) is 39.0 Å². The number of nitrogens with one attached hydrogen (secondary N) is 1. The fraction of sp³-hybridized carbons (Fsp3) is 0.182. The summed E-state index contributed by atoms with van der Waals surface area (Å²) in [6, 6.07) is 12.8. The summed E-state index contributed by atoms with van der Waals surface area (Å²) in [6.07, 6.45) is 0. The first kappa shape index (κ1) is 19.4. The number of hydrogen-bond donors (Lipinski definition) is 2. The molecule has 0 saturated heterocycles. The summed E-state index contributed by atoms with van der Waals surface area (Å²) in [4.78, 5) is 36.4. The summed E-state index contributed by atoms with van der Waals surface area (Å²) < 4.78 is 6.89. The number of aromatic nitrogens is 4. The molecule has 8 heteroatoms. The van der Waals surface area contributed by atoms with Crippen LogP contribution in [0.2, 0.25) is 0 Å². The number of carbonyl (C=O) groups is 1. The van der Waals surface area contributed by atoms with E-state index in [0.29, 0.717) is 23.6 Å². The van der Waals surface area contributed by atoms with Gasteiger partial charge in [-0.2, -0.15) is 0 Å². The number of aromatic amines is 1. The van der Waals surface area contributed by atoms with Crippen LogP contribution in [0.15, 0.2) is 47.3 Å². The standard InChI is InChI=1S/C22H21N5O3/c1-4-30-16-9-6-14(7-10-16)20-24-17(19(23)28)18-21(26-20)27(22(29)25-18)15-8-5-12(2)13(3)11-15/h5-11H,4H2,1-3H3,(H2,23,28)(H,25,29). The Kier molecular flexibility index (Phi) is 4.83. The van der Waals surface area contributed by atoms with E-state index in [-0.39, 0.29) is 22.7 Å². The summed E-state index contributed by atoms with van der Waals surface area (Å²) in [5.74, 6) is 0.255. The number of fused-ring (bicyclic) bond motifs is 1. The molecule has 2 aromatic carbocycles. The monoisotopic (exact) mass is 403 g/mol. The van der Waals surface area contributed by atoms with Crippen LogP contribution in [-0.4, -0.2) is 32.0 Å². The van der Waals surface area contributed by atoms with Crippen molar-refractivity contribution in [3.8, 4) is 22.8 Å². The molecule has 2 aromatic heterocycles. The first-order valence-electron chi connectivity index (χ1n) is 9.52. The number of benzene rings is 2. The van der Waals surface area contributed by atoms with Gasteiger partial charge in [0, 0.05) is 5.56 Å². The van der Waals surface area contributed by atoms with Crippen LogP contribution < -0.4 is 16.2 Å². The SMILES string of the molecule is CCOc1ccc(-c2nc(C(N)=O)c3[nH]c(=O)n(-c4ccc(C)c(C)c4)c3n2)cc1. The van der Waals surface area contributed by atoms with Crippen LogP contribution in [0.3, 0.4) is 0 Å². The molecule has 0 unspecified atom stereocenters. The zero-order valence-electron chi connectivity index (χ0n) is 16.9. The highest BCUT2D eigenvalue weighted by Gasteiger charge is 2.20. The summed E-state index contributed by atoms with van der Waals surface area (Å²) >= 11 is 0. The molecule has 0 bridgehead atoms. The van der Waals surface area contributed by atoms with Gasteiger partial charge >= 0.3 is 5.69 Å². The van der Waals surface area contributed by atoms with E-state index < -0.39 is 11.6 Å². The molecule has 0 aliphatic carbocycles. The highest BCUT2D eigenvalue weighted by Crippen LogP contribution is 2.24. The molecule has 0 atom stereocenters. The number of ether oxygens (including phenoxy) is 1. The first-order valence-corrected chi connectivity index (χ1v) is 9.52. The van der Waals surface area contributed by atoms with Gasteiger partial charge in [-0.15, -0.1) is 0 Å². The number of nitrogens with two attached hydrogens (primary N) is 1. The van der Waals surface area contributed by atoms with Crippen LogP contribution >= 0.6 is 0 Å². The third-order valence-corrected chi connectivity index (χ3v) is 4.94. The van der Waals surface area contributed by atoms with Crippen molar-refractivity contribution in [3.63, 3.8) is 0 Å². The maximum Gasteiger partial charge on any atom is 0.332 e. The molecular weight excluding hydrogens is 382 g/mol. The minimum Gasteiger partial charge on any atom is -0.494 e. The second kappa shape index (κ2) is 7.47. The number of nitrogens with zero attached hydrogens (tertiary/aromatic N) is 3. The maximum atomic E-state index is 12.7. The minimum absolute atomic E-state index is 0.0384. The van der Waals surface area contributed by atoms with Crippen molar-refractivity contribution in [1.29, 1.82) is 0 Å². The van der Waals surface area contributed by atoms with Crippen LogP contribution in [-0.2, 0) is 0 Å². The van der Waals surface area contributed by atoms with Crippen molar-refractivity contribution in [3.05, 3.63) is 69.8 Å². The number of primary amides is 1. The Morgan fingerprint density at radius 2 is 1.83 bits per heavy atom. The van der Waals surface area contributed by atoms with E-state index in [0.717, 1.165) is 11.1 Å². The Labute approximate surface area is 172 Å². The third kappa shape index (κ3) is 3.32. The van der Waals surface area contributed by atoms with Gasteiger partial charge in [-0.25, -0.2) is 19.3 Å². The van der Waals surface area contributed by atoms with Crippen molar-refractivity contribution in [2.24, 2.45) is 5.73 Å². The molecule has 1 amide bonds. The van der Waals surface area contributed by atoms with Crippen molar-refractivity contribution < 1.29 is 9.53 Å². The second-order valence-corrected chi connectivity index (χ2v) is 6.95. The zero-order valence-corrected chi connectivity index (χ0v) is 16.9. The van der Waals surface area contributed by atoms with E-state index in [9.17, 15) is 9.59 Å². The Hall–Kier alpha value is -3.94. The molecule has 0 radical (unpaired) electrons. The third-order valence-electron chi connectivity index (χ3n) is 4.94. The van der Waals surface area contributed by atoms with Crippen LogP contribution in [0, 0.1) is 13.8 Å². The number of amides is 1. The summed E-state index contributed by atoms with van der Waals surface area (Å²) in [5, 5.41) is 0. The quantitative estimate of drug-likeness (QED) is 0.531. The van der Waals surface area contributed by atoms with Crippen molar-refractivity contribution in [2.45, 2.75) is 20.8 Å². The van der Waals surface area contributed by atoms with Gasteiger partial charge in [0.05, 0.1) is 12.3 Å². The molecule has 152 valence electrons. The van der Waals surface area contributed by atoms with Crippen molar-refractivity contribution in [2.75, 3.05) is 6.61 Å². The highest BCUT2D eigenvalue weighted by molar-refractivity contribution is 6.02. The number of rotatable bonds is 5. The van der Waals surface area contributed by atoms with Crippen LogP contribution in [0.25, 0.3) is 28.2 Å². The van der Waals surface area contributed by atoms with Gasteiger partial charge < -0.3 is 15.5 Å². The van der Waals surface area contributed by atoms with Crippen molar-refractivity contribution >= 4 is 17.1 Å². The summed E-state index contributed by atoms with van der Waals surface area (Å²) in [5.41, 5.74) is 9.04. The molecule has 0 aliphatic rings. The van der Waals surface area contributed by atoms with E-state index in [2.05, 4.69) is 15.0 Å². The summed E-state index contributed by atoms with van der Waals surface area (Å²) in [6.45, 7) is 6.42. The average molecular weight is 403 g/mol. The highest BCUT2D eigenvalue weighted by atomic mass is 16.5. The van der Waals surface area contributed by atoms with Crippen LogP contribution in [0.1, 0.15) is 28.5 Å². The van der Waals surface area contributed by atoms with Crippen LogP contribution in [0.5, 0.6) is 5.75 Å².